The van der Waals surface area contributed by atoms with Crippen LogP contribution in [0.25, 0.3) is 0 Å². The zero-order chi connectivity index (χ0) is 13.2. The lowest BCUT2D eigenvalue weighted by molar-refractivity contribution is 0.0705. The maximum absolute atomic E-state index is 12.4. The lowest BCUT2D eigenvalue weighted by Gasteiger charge is -2.25. The molecule has 5 heteroatoms. The van der Waals surface area contributed by atoms with Crippen molar-refractivity contribution in [2.24, 2.45) is 0 Å². The molecule has 1 aromatic rings. The van der Waals surface area contributed by atoms with Crippen LogP contribution in [0.15, 0.2) is 0 Å². The maximum atomic E-state index is 12.4. The molecule has 1 heterocycles. The summed E-state index contributed by atoms with van der Waals surface area (Å²) >= 11 is 0. The minimum atomic E-state index is -0.0394. The Kier molecular flexibility index (Phi) is 4.15. The Hall–Kier alpha value is -1.52. The lowest BCUT2D eigenvalue weighted by Crippen LogP contribution is -2.38. The third-order valence-corrected chi connectivity index (χ3v) is 2.90. The second-order valence-corrected chi connectivity index (χ2v) is 4.35. The molecule has 0 aliphatic rings. The zero-order valence-electron chi connectivity index (χ0n) is 11.3. The van der Waals surface area contributed by atoms with Crippen molar-refractivity contribution in [2.45, 2.75) is 47.2 Å². The van der Waals surface area contributed by atoms with E-state index in [9.17, 15) is 4.79 Å². The predicted molar refractivity (Wildman–Crippen MR) is 68.9 cm³/mol. The van der Waals surface area contributed by atoms with E-state index in [4.69, 9.17) is 5.73 Å². The van der Waals surface area contributed by atoms with Crippen molar-refractivity contribution in [3.8, 4) is 0 Å². The Morgan fingerprint density at radius 1 is 1.47 bits per heavy atom. The van der Waals surface area contributed by atoms with E-state index in [0.29, 0.717) is 24.5 Å². The van der Waals surface area contributed by atoms with Gasteiger partial charge < -0.3 is 10.6 Å². The SMILES string of the molecule is CCN(C(=O)c1c(N)c(C)nn1CC)C(C)C. The number of carbonyl (C=O) groups excluding carboxylic acids is 1. The van der Waals surface area contributed by atoms with Crippen LogP contribution in [-0.2, 0) is 6.54 Å². The van der Waals surface area contributed by atoms with Gasteiger partial charge in [0.15, 0.2) is 0 Å². The van der Waals surface area contributed by atoms with Gasteiger partial charge >= 0.3 is 0 Å². The summed E-state index contributed by atoms with van der Waals surface area (Å²) in [5.74, 6) is -0.0394. The van der Waals surface area contributed by atoms with Crippen molar-refractivity contribution >= 4 is 11.6 Å². The van der Waals surface area contributed by atoms with E-state index in [2.05, 4.69) is 5.10 Å². The quantitative estimate of drug-likeness (QED) is 0.867. The van der Waals surface area contributed by atoms with Crippen LogP contribution >= 0.6 is 0 Å². The van der Waals surface area contributed by atoms with Gasteiger partial charge in [-0.25, -0.2) is 0 Å². The molecule has 0 fully saturated rings. The molecule has 0 aliphatic heterocycles. The Morgan fingerprint density at radius 2 is 2.06 bits per heavy atom. The summed E-state index contributed by atoms with van der Waals surface area (Å²) in [6.07, 6.45) is 0. The van der Waals surface area contributed by atoms with Gasteiger partial charge in [0.05, 0.1) is 11.4 Å². The number of hydrogen-bond acceptors (Lipinski definition) is 3. The van der Waals surface area contributed by atoms with Gasteiger partial charge in [-0.3, -0.25) is 9.48 Å². The fourth-order valence-electron chi connectivity index (χ4n) is 1.93. The average Bonchev–Trinajstić information content (AvgIpc) is 2.55. The Balaban J connectivity index is 3.19. The Morgan fingerprint density at radius 3 is 2.47 bits per heavy atom. The molecule has 1 aromatic heterocycles. The van der Waals surface area contributed by atoms with Crippen LogP contribution in [0, 0.1) is 6.92 Å². The first kappa shape index (κ1) is 13.5. The van der Waals surface area contributed by atoms with Gasteiger partial charge in [0, 0.05) is 19.1 Å². The van der Waals surface area contributed by atoms with Gasteiger partial charge in [0.1, 0.15) is 5.69 Å². The number of nitrogens with zero attached hydrogens (tertiary/aromatic N) is 3. The molecule has 5 nitrogen and oxygen atoms in total. The number of nitrogen functional groups attached to an aromatic ring is 1. The number of nitrogens with two attached hydrogens (primary N) is 1. The average molecular weight is 238 g/mol. The summed E-state index contributed by atoms with van der Waals surface area (Å²) in [4.78, 5) is 14.2. The highest BCUT2D eigenvalue weighted by Crippen LogP contribution is 2.19. The fraction of sp³-hybridized carbons (Fsp3) is 0.667. The summed E-state index contributed by atoms with van der Waals surface area (Å²) in [5.41, 5.74) is 7.67. The topological polar surface area (TPSA) is 64.2 Å². The molecule has 0 aromatic carbocycles. The molecule has 0 saturated carbocycles. The van der Waals surface area contributed by atoms with Crippen molar-refractivity contribution in [3.05, 3.63) is 11.4 Å². The normalized spacial score (nSPS) is 10.9. The Bertz CT molecular complexity index is 409. The molecule has 0 bridgehead atoms. The largest absolute Gasteiger partial charge is 0.395 e. The number of rotatable bonds is 4. The van der Waals surface area contributed by atoms with Crippen LogP contribution in [0.4, 0.5) is 5.69 Å². The minimum Gasteiger partial charge on any atom is -0.395 e. The van der Waals surface area contributed by atoms with E-state index in [0.717, 1.165) is 5.69 Å². The van der Waals surface area contributed by atoms with E-state index >= 15 is 0 Å². The van der Waals surface area contributed by atoms with Crippen LogP contribution in [0.1, 0.15) is 43.9 Å². The van der Waals surface area contributed by atoms with E-state index in [-0.39, 0.29) is 11.9 Å². The zero-order valence-corrected chi connectivity index (χ0v) is 11.3. The highest BCUT2D eigenvalue weighted by molar-refractivity contribution is 5.98. The van der Waals surface area contributed by atoms with Gasteiger partial charge in [-0.15, -0.1) is 0 Å². The second-order valence-electron chi connectivity index (χ2n) is 4.35. The highest BCUT2D eigenvalue weighted by atomic mass is 16.2. The van der Waals surface area contributed by atoms with Crippen LogP contribution in [0.3, 0.4) is 0 Å². The molecule has 2 N–H and O–H groups in total. The second kappa shape index (κ2) is 5.21. The summed E-state index contributed by atoms with van der Waals surface area (Å²) < 4.78 is 1.68. The third kappa shape index (κ3) is 2.43. The molecule has 1 rings (SSSR count). The number of amides is 1. The molecule has 17 heavy (non-hydrogen) atoms. The van der Waals surface area contributed by atoms with Crippen LogP contribution in [0.2, 0.25) is 0 Å². The molecule has 0 unspecified atom stereocenters. The number of hydrogen-bond donors (Lipinski definition) is 1. The maximum Gasteiger partial charge on any atom is 0.274 e. The standard InChI is InChI=1S/C12H22N4O/c1-6-15(8(3)4)12(17)11-10(13)9(5)14-16(11)7-2/h8H,6-7,13H2,1-5H3. The first-order chi connectivity index (χ1) is 7.93. The van der Waals surface area contributed by atoms with E-state index < -0.39 is 0 Å². The smallest absolute Gasteiger partial charge is 0.274 e. The summed E-state index contributed by atoms with van der Waals surface area (Å²) in [6.45, 7) is 11.1. The number of anilines is 1. The van der Waals surface area contributed by atoms with Crippen LogP contribution in [-0.4, -0.2) is 33.2 Å². The van der Waals surface area contributed by atoms with Gasteiger partial charge in [0.25, 0.3) is 5.91 Å². The first-order valence-corrected chi connectivity index (χ1v) is 6.07. The number of aryl methyl sites for hydroxylation is 2. The lowest BCUT2D eigenvalue weighted by atomic mass is 10.2. The summed E-state index contributed by atoms with van der Waals surface area (Å²) in [7, 11) is 0. The monoisotopic (exact) mass is 238 g/mol. The molecule has 0 radical (unpaired) electrons. The minimum absolute atomic E-state index is 0.0394. The number of aromatic nitrogens is 2. The van der Waals surface area contributed by atoms with Crippen molar-refractivity contribution in [1.82, 2.24) is 14.7 Å². The highest BCUT2D eigenvalue weighted by Gasteiger charge is 2.24. The molecule has 0 saturated heterocycles. The van der Waals surface area contributed by atoms with Crippen LogP contribution < -0.4 is 5.73 Å². The van der Waals surface area contributed by atoms with Gasteiger partial charge in [-0.1, -0.05) is 0 Å². The summed E-state index contributed by atoms with van der Waals surface area (Å²) in [6, 6.07) is 0.160. The first-order valence-electron chi connectivity index (χ1n) is 6.07. The molecule has 96 valence electrons. The van der Waals surface area contributed by atoms with Crippen molar-refractivity contribution in [3.63, 3.8) is 0 Å². The van der Waals surface area contributed by atoms with Gasteiger partial charge in [-0.05, 0) is 34.6 Å². The van der Waals surface area contributed by atoms with Crippen molar-refractivity contribution < 1.29 is 4.79 Å². The van der Waals surface area contributed by atoms with Crippen LogP contribution in [0.5, 0.6) is 0 Å². The molecule has 0 atom stereocenters. The van der Waals surface area contributed by atoms with E-state index in [1.165, 1.54) is 0 Å². The molecule has 0 spiro atoms. The van der Waals surface area contributed by atoms with Crippen molar-refractivity contribution in [2.75, 3.05) is 12.3 Å². The third-order valence-electron chi connectivity index (χ3n) is 2.90. The number of carbonyl (C=O) groups is 1. The Labute approximate surface area is 103 Å². The fourth-order valence-corrected chi connectivity index (χ4v) is 1.93. The van der Waals surface area contributed by atoms with Gasteiger partial charge in [-0.2, -0.15) is 5.10 Å². The molecular weight excluding hydrogens is 216 g/mol. The predicted octanol–water partition coefficient (Wildman–Crippen LogP) is 1.66. The molecular formula is C12H22N4O. The van der Waals surface area contributed by atoms with E-state index in [1.54, 1.807) is 9.58 Å². The molecule has 1 amide bonds. The summed E-state index contributed by atoms with van der Waals surface area (Å²) in [5, 5.41) is 4.27. The van der Waals surface area contributed by atoms with Crippen molar-refractivity contribution in [1.29, 1.82) is 0 Å². The van der Waals surface area contributed by atoms with E-state index in [1.807, 2.05) is 34.6 Å². The van der Waals surface area contributed by atoms with Gasteiger partial charge in [0.2, 0.25) is 0 Å². The molecule has 0 aliphatic carbocycles.